The van der Waals surface area contributed by atoms with Gasteiger partial charge >= 0.3 is 0 Å². The van der Waals surface area contributed by atoms with Crippen molar-refractivity contribution in [3.63, 3.8) is 0 Å². The molecule has 1 heterocycles. The summed E-state index contributed by atoms with van der Waals surface area (Å²) in [4.78, 5) is 23.6. The van der Waals surface area contributed by atoms with Crippen LogP contribution >= 0.6 is 0 Å². The first kappa shape index (κ1) is 15.3. The van der Waals surface area contributed by atoms with Crippen LogP contribution in [0.25, 0.3) is 0 Å². The number of hydrogen-bond acceptors (Lipinski definition) is 3. The van der Waals surface area contributed by atoms with E-state index in [9.17, 15) is 9.59 Å². The maximum absolute atomic E-state index is 12.2. The Hall–Kier alpha value is -1.10. The highest BCUT2D eigenvalue weighted by Crippen LogP contribution is 2.39. The number of hydrogen-bond donors (Lipinski definition) is 2. The summed E-state index contributed by atoms with van der Waals surface area (Å²) in [5, 5.41) is 2.95. The smallest absolute Gasteiger partial charge is 0.223 e. The molecule has 5 heteroatoms. The third-order valence-corrected chi connectivity index (χ3v) is 4.87. The molecule has 0 bridgehead atoms. The third-order valence-electron chi connectivity index (χ3n) is 4.87. The molecule has 114 valence electrons. The molecular formula is C15H26N2O3. The van der Waals surface area contributed by atoms with Crippen molar-refractivity contribution in [3.05, 3.63) is 0 Å². The molecule has 4 atom stereocenters. The Kier molecular flexibility index (Phi) is 4.68. The number of epoxide rings is 1. The molecule has 0 aromatic heterocycles. The number of carbonyl (C=O) groups is 2. The zero-order valence-corrected chi connectivity index (χ0v) is 12.5. The number of carbonyl (C=O) groups excluding carboxylic acids is 2. The minimum atomic E-state index is -0.336. The molecule has 2 fully saturated rings. The second-order valence-electron chi connectivity index (χ2n) is 6.37. The van der Waals surface area contributed by atoms with Gasteiger partial charge in [-0.2, -0.15) is 0 Å². The molecule has 2 amide bonds. The minimum Gasteiger partial charge on any atom is -0.369 e. The van der Waals surface area contributed by atoms with Crippen LogP contribution in [0.3, 0.4) is 0 Å². The summed E-state index contributed by atoms with van der Waals surface area (Å²) >= 11 is 0. The van der Waals surface area contributed by atoms with Crippen molar-refractivity contribution in [2.24, 2.45) is 17.6 Å². The van der Waals surface area contributed by atoms with Crippen LogP contribution in [-0.4, -0.2) is 30.1 Å². The second-order valence-corrected chi connectivity index (χ2v) is 6.37. The number of ether oxygens (including phenoxy) is 1. The SMILES string of the molecule is CC1OC1(C)CCCNC(=O)C1CCCCC1C(N)=O. The number of primary amides is 1. The highest BCUT2D eigenvalue weighted by molar-refractivity contribution is 5.87. The Balaban J connectivity index is 1.71. The number of nitrogens with one attached hydrogen (secondary N) is 1. The summed E-state index contributed by atoms with van der Waals surface area (Å²) in [6, 6.07) is 0. The van der Waals surface area contributed by atoms with Gasteiger partial charge in [-0.05, 0) is 39.5 Å². The Labute approximate surface area is 120 Å². The fourth-order valence-corrected chi connectivity index (χ4v) is 3.20. The van der Waals surface area contributed by atoms with Gasteiger partial charge in [0, 0.05) is 18.4 Å². The van der Waals surface area contributed by atoms with Crippen molar-refractivity contribution in [3.8, 4) is 0 Å². The van der Waals surface area contributed by atoms with E-state index in [1.807, 2.05) is 0 Å². The predicted octanol–water partition coefficient (Wildman–Crippen LogP) is 1.35. The molecule has 1 saturated heterocycles. The molecule has 0 aromatic carbocycles. The van der Waals surface area contributed by atoms with Gasteiger partial charge in [0.1, 0.15) is 0 Å². The molecule has 5 nitrogen and oxygen atoms in total. The van der Waals surface area contributed by atoms with Crippen molar-refractivity contribution in [1.29, 1.82) is 0 Å². The van der Waals surface area contributed by atoms with Crippen LogP contribution in [0.4, 0.5) is 0 Å². The number of rotatable bonds is 6. The Morgan fingerprint density at radius 2 is 1.90 bits per heavy atom. The second kappa shape index (κ2) is 6.12. The van der Waals surface area contributed by atoms with E-state index in [0.717, 1.165) is 38.5 Å². The van der Waals surface area contributed by atoms with Gasteiger partial charge in [0.2, 0.25) is 11.8 Å². The highest BCUT2D eigenvalue weighted by Gasteiger charge is 2.47. The van der Waals surface area contributed by atoms with E-state index in [1.54, 1.807) is 0 Å². The zero-order chi connectivity index (χ0) is 14.8. The molecule has 3 N–H and O–H groups in total. The van der Waals surface area contributed by atoms with Gasteiger partial charge < -0.3 is 15.8 Å². The van der Waals surface area contributed by atoms with Crippen LogP contribution in [0.15, 0.2) is 0 Å². The molecule has 1 saturated carbocycles. The van der Waals surface area contributed by atoms with Crippen LogP contribution < -0.4 is 11.1 Å². The molecular weight excluding hydrogens is 256 g/mol. The van der Waals surface area contributed by atoms with Crippen molar-refractivity contribution in [1.82, 2.24) is 5.32 Å². The molecule has 4 unspecified atom stereocenters. The van der Waals surface area contributed by atoms with Gasteiger partial charge in [-0.3, -0.25) is 9.59 Å². The van der Waals surface area contributed by atoms with Crippen molar-refractivity contribution in [2.45, 2.75) is 64.1 Å². The largest absolute Gasteiger partial charge is 0.369 e. The summed E-state index contributed by atoms with van der Waals surface area (Å²) in [5.41, 5.74) is 5.40. The van der Waals surface area contributed by atoms with Gasteiger partial charge in [-0.15, -0.1) is 0 Å². The molecule has 20 heavy (non-hydrogen) atoms. The maximum Gasteiger partial charge on any atom is 0.223 e. The summed E-state index contributed by atoms with van der Waals surface area (Å²) in [5.74, 6) is -0.859. The maximum atomic E-state index is 12.2. The summed E-state index contributed by atoms with van der Waals surface area (Å²) in [6.45, 7) is 4.81. The number of amides is 2. The van der Waals surface area contributed by atoms with E-state index in [-0.39, 0.29) is 29.3 Å². The molecule has 0 spiro atoms. The Morgan fingerprint density at radius 3 is 2.45 bits per heavy atom. The molecule has 1 aliphatic heterocycles. The molecule has 2 rings (SSSR count). The van der Waals surface area contributed by atoms with E-state index in [0.29, 0.717) is 12.6 Å². The lowest BCUT2D eigenvalue weighted by molar-refractivity contribution is -0.134. The van der Waals surface area contributed by atoms with Crippen LogP contribution in [0.5, 0.6) is 0 Å². The Morgan fingerprint density at radius 1 is 1.30 bits per heavy atom. The molecule has 0 aromatic rings. The van der Waals surface area contributed by atoms with Gasteiger partial charge in [0.25, 0.3) is 0 Å². The monoisotopic (exact) mass is 282 g/mol. The molecule has 2 aliphatic rings. The average molecular weight is 282 g/mol. The average Bonchev–Trinajstić information content (AvgIpc) is 3.02. The van der Waals surface area contributed by atoms with Gasteiger partial charge in [-0.25, -0.2) is 0 Å². The van der Waals surface area contributed by atoms with Crippen molar-refractivity contribution >= 4 is 11.8 Å². The minimum absolute atomic E-state index is 0.00528. The summed E-state index contributed by atoms with van der Waals surface area (Å²) in [7, 11) is 0. The van der Waals surface area contributed by atoms with E-state index >= 15 is 0 Å². The normalized spacial score (nSPS) is 36.4. The fraction of sp³-hybridized carbons (Fsp3) is 0.867. The highest BCUT2D eigenvalue weighted by atomic mass is 16.6. The quantitative estimate of drug-likeness (QED) is 0.569. The van der Waals surface area contributed by atoms with Crippen LogP contribution in [0, 0.1) is 11.8 Å². The van der Waals surface area contributed by atoms with E-state index in [4.69, 9.17) is 10.5 Å². The topological polar surface area (TPSA) is 84.7 Å². The van der Waals surface area contributed by atoms with E-state index in [2.05, 4.69) is 19.2 Å². The lowest BCUT2D eigenvalue weighted by Crippen LogP contribution is -2.42. The van der Waals surface area contributed by atoms with E-state index < -0.39 is 0 Å². The summed E-state index contributed by atoms with van der Waals surface area (Å²) < 4.78 is 5.50. The van der Waals surface area contributed by atoms with Crippen LogP contribution in [0.1, 0.15) is 52.4 Å². The van der Waals surface area contributed by atoms with Crippen molar-refractivity contribution < 1.29 is 14.3 Å². The van der Waals surface area contributed by atoms with Crippen LogP contribution in [-0.2, 0) is 14.3 Å². The fourth-order valence-electron chi connectivity index (χ4n) is 3.20. The standard InChI is InChI=1S/C15H26N2O3/c1-10-15(2,20-10)8-5-9-17-14(19)12-7-4-3-6-11(12)13(16)18/h10-12H,3-9H2,1-2H3,(H2,16,18)(H,17,19). The summed E-state index contributed by atoms with van der Waals surface area (Å²) in [6.07, 6.45) is 5.71. The first-order valence-corrected chi connectivity index (χ1v) is 7.69. The van der Waals surface area contributed by atoms with Gasteiger partial charge in [-0.1, -0.05) is 12.8 Å². The zero-order valence-electron chi connectivity index (χ0n) is 12.5. The van der Waals surface area contributed by atoms with E-state index in [1.165, 1.54) is 0 Å². The molecule has 0 radical (unpaired) electrons. The number of nitrogens with two attached hydrogens (primary N) is 1. The van der Waals surface area contributed by atoms with Crippen LogP contribution in [0.2, 0.25) is 0 Å². The lowest BCUT2D eigenvalue weighted by Gasteiger charge is -2.28. The first-order valence-electron chi connectivity index (χ1n) is 7.69. The van der Waals surface area contributed by atoms with Gasteiger partial charge in [0.15, 0.2) is 0 Å². The third kappa shape index (κ3) is 3.51. The Bertz CT molecular complexity index is 385. The van der Waals surface area contributed by atoms with Crippen molar-refractivity contribution in [2.75, 3.05) is 6.54 Å². The lowest BCUT2D eigenvalue weighted by atomic mass is 9.78. The molecule has 1 aliphatic carbocycles. The van der Waals surface area contributed by atoms with Gasteiger partial charge in [0.05, 0.1) is 11.7 Å². The predicted molar refractivity (Wildman–Crippen MR) is 75.8 cm³/mol. The first-order chi connectivity index (χ1) is 9.44.